The van der Waals surface area contributed by atoms with Crippen LogP contribution >= 0.6 is 11.8 Å². The van der Waals surface area contributed by atoms with E-state index in [0.717, 1.165) is 16.5 Å². The summed E-state index contributed by atoms with van der Waals surface area (Å²) in [7, 11) is 0. The molecule has 0 radical (unpaired) electrons. The standard InChI is InChI=1S/C52H71N13O10S/c1-28(2)19-41(46(54)69)76-26-34(20-31-11-7-6-8-12-31)60-51(74)40(22-33-24-55-27-58-33)62-44(68)25-57-52(75)45(29(3)4)65-47(70)30(5)59-50(73)39(21-32-23-56-36-14-10-9-13-35(32)36)64-49(72)38(15-17-42(53)66)63-48(71)37-16-18-43(67)61-37/h6-14,23-24,27-30,34,37-41,45,56H,15-22,25-26H2,1-5H3,(H2,53,66)(H2,54,69)(H,55,58)(H,57,75)(H,59,73)(H,60,74)(H,61,67)(H,62,68)(H,63,71)(H,64,72)(H,65,70)/t30-,34-,37-,38-,39-,40-,41-,45-/m0/s1. The van der Waals surface area contributed by atoms with Gasteiger partial charge in [-0.1, -0.05) is 76.2 Å². The maximum atomic E-state index is 14.1. The van der Waals surface area contributed by atoms with Crippen LogP contribution in [0.1, 0.15) is 83.5 Å². The molecule has 8 atom stereocenters. The number of nitrogens with one attached hydrogen (secondary N) is 10. The number of carbonyl (C=O) groups excluding carboxylic acids is 10. The first-order valence-electron chi connectivity index (χ1n) is 25.3. The molecule has 1 fully saturated rings. The number of thioether (sulfide) groups is 1. The zero-order valence-corrected chi connectivity index (χ0v) is 44.2. The normalized spacial score (nSPS) is 16.0. The fourth-order valence-corrected chi connectivity index (χ4v) is 9.81. The van der Waals surface area contributed by atoms with Gasteiger partial charge in [0.05, 0.1) is 18.1 Å². The minimum atomic E-state index is -1.35. The maximum Gasteiger partial charge on any atom is 0.243 e. The summed E-state index contributed by atoms with van der Waals surface area (Å²) < 4.78 is 0. The van der Waals surface area contributed by atoms with Crippen LogP contribution in [0.25, 0.3) is 10.9 Å². The number of rotatable bonds is 30. The number of imidazole rings is 1. The number of primary amides is 2. The van der Waals surface area contributed by atoms with Crippen molar-refractivity contribution in [1.82, 2.24) is 57.5 Å². The Kier molecular flexibility index (Phi) is 22.4. The highest BCUT2D eigenvalue weighted by molar-refractivity contribution is 8.00. The number of carbonyl (C=O) groups is 10. The molecule has 14 N–H and O–H groups in total. The number of hydrogen-bond acceptors (Lipinski definition) is 12. The second-order valence-corrected chi connectivity index (χ2v) is 20.9. The molecule has 2 aromatic carbocycles. The molecule has 5 rings (SSSR count). The zero-order valence-electron chi connectivity index (χ0n) is 43.4. The molecule has 0 spiro atoms. The summed E-state index contributed by atoms with van der Waals surface area (Å²) in [6.45, 7) is 8.11. The Morgan fingerprint density at radius 2 is 1.42 bits per heavy atom. The van der Waals surface area contributed by atoms with Crippen LogP contribution in [-0.4, -0.2) is 134 Å². The number of hydrogen-bond donors (Lipinski definition) is 12. The molecule has 76 heavy (non-hydrogen) atoms. The number of nitrogens with two attached hydrogens (primary N) is 2. The minimum Gasteiger partial charge on any atom is -0.370 e. The third-order valence-corrected chi connectivity index (χ3v) is 14.0. The summed E-state index contributed by atoms with van der Waals surface area (Å²) in [6.07, 6.45) is 5.33. The molecule has 3 heterocycles. The number of aromatic amines is 2. The van der Waals surface area contributed by atoms with Gasteiger partial charge < -0.3 is 64.0 Å². The summed E-state index contributed by atoms with van der Waals surface area (Å²) in [5, 5.41) is 21.6. The predicted octanol–water partition coefficient (Wildman–Crippen LogP) is -0.203. The van der Waals surface area contributed by atoms with Gasteiger partial charge >= 0.3 is 0 Å². The van der Waals surface area contributed by atoms with E-state index in [1.807, 2.05) is 62.4 Å². The summed E-state index contributed by atoms with van der Waals surface area (Å²) in [5.41, 5.74) is 14.0. The van der Waals surface area contributed by atoms with Gasteiger partial charge in [-0.2, -0.15) is 0 Å². The number of aromatic nitrogens is 3. The second-order valence-electron chi connectivity index (χ2n) is 19.7. The third-order valence-electron chi connectivity index (χ3n) is 12.6. The zero-order chi connectivity index (χ0) is 55.5. The highest BCUT2D eigenvalue weighted by atomic mass is 32.2. The Labute approximate surface area is 444 Å². The Morgan fingerprint density at radius 3 is 2.07 bits per heavy atom. The molecule has 23 nitrogen and oxygen atoms in total. The van der Waals surface area contributed by atoms with Gasteiger partial charge in [0.1, 0.15) is 36.3 Å². The SMILES string of the molecule is CC(C)C[C@H](SC[C@H](Cc1ccccc1)NC(=O)[C@H](Cc1cnc[nH]1)NC(=O)CNC(=O)[C@@H](NC(=O)[C@H](C)NC(=O)[C@H](Cc1c[nH]c2ccccc12)NC(=O)[C@H](CCC(N)=O)NC(=O)[C@@H]1CCC(=O)N1)C(C)C)C(N)=O. The monoisotopic (exact) mass is 1070 g/mol. The number of benzene rings is 2. The van der Waals surface area contributed by atoms with E-state index in [-0.39, 0.29) is 50.4 Å². The van der Waals surface area contributed by atoms with Gasteiger partial charge in [-0.3, -0.25) is 47.9 Å². The highest BCUT2D eigenvalue weighted by Crippen LogP contribution is 2.22. The van der Waals surface area contributed by atoms with Crippen molar-refractivity contribution < 1.29 is 47.9 Å². The van der Waals surface area contributed by atoms with Gasteiger partial charge in [0.25, 0.3) is 0 Å². The lowest BCUT2D eigenvalue weighted by Gasteiger charge is -2.27. The quantitative estimate of drug-likeness (QED) is 0.0323. The lowest BCUT2D eigenvalue weighted by molar-refractivity contribution is -0.135. The molecule has 0 saturated carbocycles. The molecule has 2 aromatic heterocycles. The molecule has 1 aliphatic heterocycles. The van der Waals surface area contributed by atoms with Gasteiger partial charge in [-0.05, 0) is 61.6 Å². The van der Waals surface area contributed by atoms with Crippen LogP contribution in [0.2, 0.25) is 0 Å². The maximum absolute atomic E-state index is 14.1. The van der Waals surface area contributed by atoms with Crippen molar-refractivity contribution in [2.75, 3.05) is 12.3 Å². The average Bonchev–Trinajstić information content (AvgIpc) is 4.16. The predicted molar refractivity (Wildman–Crippen MR) is 284 cm³/mol. The van der Waals surface area contributed by atoms with Crippen LogP contribution in [0.3, 0.4) is 0 Å². The molecular formula is C52H71N13O10S. The summed E-state index contributed by atoms with van der Waals surface area (Å²) >= 11 is 1.36. The Balaban J connectivity index is 1.24. The number of para-hydroxylation sites is 1. The molecular weight excluding hydrogens is 999 g/mol. The van der Waals surface area contributed by atoms with Gasteiger partial charge in [-0.15, -0.1) is 11.8 Å². The van der Waals surface area contributed by atoms with Gasteiger partial charge in [0, 0.05) is 66.5 Å². The summed E-state index contributed by atoms with van der Waals surface area (Å²) in [5.74, 6) is -6.54. The van der Waals surface area contributed by atoms with Crippen LogP contribution in [0.15, 0.2) is 73.3 Å². The number of amides is 10. The fraction of sp³-hybridized carbons (Fsp3) is 0.481. The smallest absolute Gasteiger partial charge is 0.243 e. The Hall–Kier alpha value is -7.76. The van der Waals surface area contributed by atoms with E-state index in [4.69, 9.17) is 11.5 Å². The Bertz CT molecular complexity index is 2660. The first-order valence-corrected chi connectivity index (χ1v) is 26.4. The van der Waals surface area contributed by atoms with Crippen molar-refractivity contribution >= 4 is 81.7 Å². The van der Waals surface area contributed by atoms with E-state index in [1.165, 1.54) is 31.2 Å². The number of H-pyrrole nitrogens is 2. The van der Waals surface area contributed by atoms with Gasteiger partial charge in [-0.25, -0.2) is 4.98 Å². The number of fused-ring (bicyclic) bond motifs is 1. The lowest BCUT2D eigenvalue weighted by atomic mass is 10.0. The molecule has 4 aromatic rings. The van der Waals surface area contributed by atoms with Gasteiger partial charge in [0.15, 0.2) is 0 Å². The Morgan fingerprint density at radius 1 is 0.737 bits per heavy atom. The van der Waals surface area contributed by atoms with E-state index in [9.17, 15) is 47.9 Å². The third kappa shape index (κ3) is 18.6. The first-order chi connectivity index (χ1) is 36.2. The van der Waals surface area contributed by atoms with Crippen LogP contribution in [-0.2, 0) is 67.2 Å². The van der Waals surface area contributed by atoms with Crippen LogP contribution in [0.4, 0.5) is 0 Å². The topological polar surface area (TPSA) is 363 Å². The highest BCUT2D eigenvalue weighted by Gasteiger charge is 2.35. The molecule has 10 amide bonds. The molecule has 24 heteroatoms. The van der Waals surface area contributed by atoms with Crippen molar-refractivity contribution in [3.63, 3.8) is 0 Å². The van der Waals surface area contributed by atoms with Crippen LogP contribution in [0.5, 0.6) is 0 Å². The largest absolute Gasteiger partial charge is 0.370 e. The van der Waals surface area contributed by atoms with Gasteiger partial charge in [0.2, 0.25) is 59.1 Å². The molecule has 1 aliphatic rings. The van der Waals surface area contributed by atoms with Crippen molar-refractivity contribution in [3.05, 3.63) is 90.1 Å². The van der Waals surface area contributed by atoms with E-state index >= 15 is 0 Å². The molecule has 0 bridgehead atoms. The average molecular weight is 1070 g/mol. The van der Waals surface area contributed by atoms with Crippen molar-refractivity contribution in [2.45, 2.75) is 134 Å². The molecule has 1 saturated heterocycles. The van der Waals surface area contributed by atoms with E-state index in [2.05, 4.69) is 57.5 Å². The summed E-state index contributed by atoms with van der Waals surface area (Å²) in [4.78, 5) is 142. The van der Waals surface area contributed by atoms with E-state index in [1.54, 1.807) is 26.1 Å². The number of nitrogens with zero attached hydrogens (tertiary/aromatic N) is 1. The lowest BCUT2D eigenvalue weighted by Crippen LogP contribution is -2.59. The van der Waals surface area contributed by atoms with E-state index < -0.39 is 113 Å². The van der Waals surface area contributed by atoms with Crippen LogP contribution < -0.4 is 54.0 Å². The van der Waals surface area contributed by atoms with Crippen molar-refractivity contribution in [3.8, 4) is 0 Å². The molecule has 0 aliphatic carbocycles. The summed E-state index contributed by atoms with van der Waals surface area (Å²) in [6, 6.07) is 9.05. The van der Waals surface area contributed by atoms with Crippen LogP contribution in [0, 0.1) is 11.8 Å². The molecule has 410 valence electrons. The van der Waals surface area contributed by atoms with Crippen molar-refractivity contribution in [2.24, 2.45) is 23.3 Å². The fourth-order valence-electron chi connectivity index (χ4n) is 8.46. The second kappa shape index (κ2) is 28.8. The van der Waals surface area contributed by atoms with E-state index in [0.29, 0.717) is 29.9 Å². The van der Waals surface area contributed by atoms with Crippen molar-refractivity contribution in [1.29, 1.82) is 0 Å². The first kappa shape index (κ1) is 59.1. The molecule has 0 unspecified atom stereocenters. The minimum absolute atomic E-state index is 0.0162.